The highest BCUT2D eigenvalue weighted by Crippen LogP contribution is 2.18. The van der Waals surface area contributed by atoms with Crippen LogP contribution < -0.4 is 0 Å². The van der Waals surface area contributed by atoms with Crippen molar-refractivity contribution in [2.75, 3.05) is 0 Å². The molecule has 0 saturated carbocycles. The first-order valence-corrected chi connectivity index (χ1v) is 8.88. The summed E-state index contributed by atoms with van der Waals surface area (Å²) in [6.45, 7) is 18.4. The summed E-state index contributed by atoms with van der Waals surface area (Å²) in [7, 11) is 0. The molecule has 0 aromatic carbocycles. The molecule has 0 spiro atoms. The van der Waals surface area contributed by atoms with E-state index in [2.05, 4.69) is 89.2 Å². The molecule has 0 N–H and O–H groups in total. The normalized spacial score (nSPS) is 16.5. The summed E-state index contributed by atoms with van der Waals surface area (Å²) in [4.78, 5) is 4.63. The summed E-state index contributed by atoms with van der Waals surface area (Å²) in [6.07, 6.45) is 22.9. The first kappa shape index (κ1) is 22.1. The maximum atomic E-state index is 4.63. The topological polar surface area (TPSA) is 12.4 Å². The summed E-state index contributed by atoms with van der Waals surface area (Å²) in [6, 6.07) is 0.223. The number of allylic oxidation sites excluding steroid dienone is 9. The molecule has 1 nitrogen and oxygen atoms in total. The van der Waals surface area contributed by atoms with Gasteiger partial charge in [0.25, 0.3) is 0 Å². The van der Waals surface area contributed by atoms with Gasteiger partial charge in [0.2, 0.25) is 0 Å². The molecule has 132 valence electrons. The van der Waals surface area contributed by atoms with Gasteiger partial charge in [-0.3, -0.25) is 4.99 Å². The standard InChI is InChI=1S/C23H35N/c1-8-11-12-16-21(5)24-19-20(4)22(15-9-2)17-13-14-18-23(6,7)10-3/h9-10,12-21H,2-3,8,11H2,1,4-7H3/b16-12+,17-13-,18-14+,22-15-,24-19?. The lowest BCUT2D eigenvalue weighted by Gasteiger charge is -2.12. The van der Waals surface area contributed by atoms with Crippen LogP contribution in [0.3, 0.4) is 0 Å². The summed E-state index contributed by atoms with van der Waals surface area (Å²) in [5.74, 6) is 0.252. The zero-order valence-electron chi connectivity index (χ0n) is 16.2. The van der Waals surface area contributed by atoms with E-state index in [1.807, 2.05) is 24.4 Å². The van der Waals surface area contributed by atoms with Gasteiger partial charge in [-0.2, -0.15) is 0 Å². The molecule has 0 rings (SSSR count). The second-order valence-corrected chi connectivity index (χ2v) is 6.69. The fourth-order valence-electron chi connectivity index (χ4n) is 1.89. The van der Waals surface area contributed by atoms with Crippen molar-refractivity contribution in [3.63, 3.8) is 0 Å². The molecule has 0 bridgehead atoms. The van der Waals surface area contributed by atoms with E-state index in [-0.39, 0.29) is 17.4 Å². The molecular formula is C23H35N. The van der Waals surface area contributed by atoms with E-state index in [0.29, 0.717) is 0 Å². The van der Waals surface area contributed by atoms with Gasteiger partial charge in [-0.15, -0.1) is 6.58 Å². The maximum Gasteiger partial charge on any atom is 0.0648 e. The van der Waals surface area contributed by atoms with Gasteiger partial charge in [0.1, 0.15) is 0 Å². The molecule has 1 heteroatoms. The monoisotopic (exact) mass is 325 g/mol. The minimum Gasteiger partial charge on any atom is -0.290 e. The lowest BCUT2D eigenvalue weighted by molar-refractivity contribution is 0.628. The fourth-order valence-corrected chi connectivity index (χ4v) is 1.89. The van der Waals surface area contributed by atoms with Crippen molar-refractivity contribution >= 4 is 6.21 Å². The van der Waals surface area contributed by atoms with E-state index in [9.17, 15) is 0 Å². The van der Waals surface area contributed by atoms with Gasteiger partial charge < -0.3 is 0 Å². The predicted molar refractivity (Wildman–Crippen MR) is 112 cm³/mol. The molecule has 0 aliphatic carbocycles. The van der Waals surface area contributed by atoms with Gasteiger partial charge in [-0.05, 0) is 18.9 Å². The number of nitrogens with zero attached hydrogens (tertiary/aromatic N) is 1. The van der Waals surface area contributed by atoms with Crippen molar-refractivity contribution in [1.29, 1.82) is 0 Å². The van der Waals surface area contributed by atoms with Crippen molar-refractivity contribution in [2.45, 2.75) is 53.5 Å². The van der Waals surface area contributed by atoms with Crippen LogP contribution in [0.15, 0.2) is 78.4 Å². The molecule has 0 radical (unpaired) electrons. The summed E-state index contributed by atoms with van der Waals surface area (Å²) < 4.78 is 0. The first-order valence-electron chi connectivity index (χ1n) is 8.88. The Morgan fingerprint density at radius 3 is 2.46 bits per heavy atom. The summed E-state index contributed by atoms with van der Waals surface area (Å²) >= 11 is 0. The Hall–Kier alpha value is -1.89. The minimum absolute atomic E-state index is 0.0139. The number of hydrogen-bond donors (Lipinski definition) is 0. The van der Waals surface area contributed by atoms with Crippen molar-refractivity contribution in [1.82, 2.24) is 0 Å². The van der Waals surface area contributed by atoms with Crippen LogP contribution in [-0.2, 0) is 0 Å². The van der Waals surface area contributed by atoms with Gasteiger partial charge in [-0.25, -0.2) is 0 Å². The van der Waals surface area contributed by atoms with E-state index in [4.69, 9.17) is 0 Å². The predicted octanol–water partition coefficient (Wildman–Crippen LogP) is 6.88. The van der Waals surface area contributed by atoms with Gasteiger partial charge in [0, 0.05) is 17.5 Å². The molecule has 24 heavy (non-hydrogen) atoms. The molecule has 0 aliphatic heterocycles. The molecule has 0 fully saturated rings. The van der Waals surface area contributed by atoms with Crippen molar-refractivity contribution < 1.29 is 0 Å². The first-order chi connectivity index (χ1) is 11.4. The van der Waals surface area contributed by atoms with Crippen molar-refractivity contribution in [3.8, 4) is 0 Å². The molecule has 2 atom stereocenters. The highest BCUT2D eigenvalue weighted by atomic mass is 14.7. The van der Waals surface area contributed by atoms with Gasteiger partial charge in [0.15, 0.2) is 0 Å². The smallest absolute Gasteiger partial charge is 0.0648 e. The van der Waals surface area contributed by atoms with Crippen LogP contribution in [-0.4, -0.2) is 12.3 Å². The third-order valence-corrected chi connectivity index (χ3v) is 3.70. The largest absolute Gasteiger partial charge is 0.290 e. The Kier molecular flexibility index (Phi) is 11.5. The van der Waals surface area contributed by atoms with E-state index < -0.39 is 0 Å². The molecule has 0 aromatic rings. The second kappa shape index (κ2) is 12.5. The number of rotatable bonds is 11. The van der Waals surface area contributed by atoms with Gasteiger partial charge in [-0.1, -0.05) is 95.4 Å². The van der Waals surface area contributed by atoms with Crippen LogP contribution >= 0.6 is 0 Å². The van der Waals surface area contributed by atoms with Crippen LogP contribution in [0.4, 0.5) is 0 Å². The molecular weight excluding hydrogens is 290 g/mol. The highest BCUT2D eigenvalue weighted by Gasteiger charge is 2.06. The second-order valence-electron chi connectivity index (χ2n) is 6.69. The van der Waals surface area contributed by atoms with Crippen molar-refractivity contribution in [3.05, 3.63) is 73.4 Å². The van der Waals surface area contributed by atoms with E-state index in [1.54, 1.807) is 0 Å². The average Bonchev–Trinajstić information content (AvgIpc) is 2.55. The average molecular weight is 326 g/mol. The zero-order chi connectivity index (χ0) is 18.4. The fraction of sp³-hybridized carbons (Fsp3) is 0.435. The Labute approximate surface area is 150 Å². The Balaban J connectivity index is 4.85. The number of unbranched alkanes of at least 4 members (excludes halogenated alkanes) is 1. The number of hydrogen-bond acceptors (Lipinski definition) is 1. The van der Waals surface area contributed by atoms with Crippen LogP contribution in [0.25, 0.3) is 0 Å². The zero-order valence-corrected chi connectivity index (χ0v) is 16.2. The number of aliphatic imine (C=N–C) groups is 1. The minimum atomic E-state index is 0.0139. The SMILES string of the molecule is C=C/C=C(/C=C\C=C\C(C)(C)C=C)C(C)C=NC(C)/C=C/CCC. The van der Waals surface area contributed by atoms with Crippen LogP contribution in [0.1, 0.15) is 47.5 Å². The van der Waals surface area contributed by atoms with E-state index in [0.717, 1.165) is 6.42 Å². The third-order valence-electron chi connectivity index (χ3n) is 3.70. The van der Waals surface area contributed by atoms with Crippen LogP contribution in [0.5, 0.6) is 0 Å². The molecule has 0 saturated heterocycles. The lowest BCUT2D eigenvalue weighted by Crippen LogP contribution is -2.02. The van der Waals surface area contributed by atoms with E-state index >= 15 is 0 Å². The quantitative estimate of drug-likeness (QED) is 0.223. The Morgan fingerprint density at radius 2 is 1.88 bits per heavy atom. The Morgan fingerprint density at radius 1 is 1.17 bits per heavy atom. The molecule has 0 heterocycles. The van der Waals surface area contributed by atoms with Gasteiger partial charge in [0.05, 0.1) is 6.04 Å². The molecule has 0 aliphatic rings. The van der Waals surface area contributed by atoms with E-state index in [1.165, 1.54) is 12.0 Å². The van der Waals surface area contributed by atoms with Gasteiger partial charge >= 0.3 is 0 Å². The van der Waals surface area contributed by atoms with Crippen LogP contribution in [0, 0.1) is 11.3 Å². The molecule has 0 aromatic heterocycles. The Bertz CT molecular complexity index is 512. The van der Waals surface area contributed by atoms with Crippen LogP contribution in [0.2, 0.25) is 0 Å². The third kappa shape index (κ3) is 10.8. The maximum absolute atomic E-state index is 4.63. The summed E-state index contributed by atoms with van der Waals surface area (Å²) in [5, 5.41) is 0. The summed E-state index contributed by atoms with van der Waals surface area (Å²) in [5.41, 5.74) is 1.21. The highest BCUT2D eigenvalue weighted by molar-refractivity contribution is 5.66. The van der Waals surface area contributed by atoms with Crippen molar-refractivity contribution in [2.24, 2.45) is 16.3 Å². The molecule has 2 unspecified atom stereocenters. The molecule has 0 amide bonds. The lowest BCUT2D eigenvalue weighted by atomic mass is 9.93.